The lowest BCUT2D eigenvalue weighted by Crippen LogP contribution is -2.32. The zero-order chi connectivity index (χ0) is 14.0. The minimum Gasteiger partial charge on any atom is -0.481 e. The average molecular weight is 279 g/mol. The average Bonchev–Trinajstić information content (AvgIpc) is 2.64. The van der Waals surface area contributed by atoms with Gasteiger partial charge in [-0.25, -0.2) is 0 Å². The molecule has 0 spiro atoms. The highest BCUT2D eigenvalue weighted by molar-refractivity contribution is 8.01. The van der Waals surface area contributed by atoms with Gasteiger partial charge >= 0.3 is 5.97 Å². The highest BCUT2D eigenvalue weighted by Gasteiger charge is 2.38. The Kier molecular flexibility index (Phi) is 4.14. The molecule has 4 nitrogen and oxygen atoms in total. The van der Waals surface area contributed by atoms with Crippen molar-refractivity contribution in [2.24, 2.45) is 0 Å². The summed E-state index contributed by atoms with van der Waals surface area (Å²) in [6.45, 7) is 4.16. The molecule has 1 aromatic rings. The Morgan fingerprint density at radius 2 is 2.11 bits per heavy atom. The molecule has 1 heterocycles. The molecule has 2 rings (SSSR count). The van der Waals surface area contributed by atoms with E-state index in [1.54, 1.807) is 16.7 Å². The third-order valence-corrected chi connectivity index (χ3v) is 4.64. The molecule has 0 aliphatic carbocycles. The quantitative estimate of drug-likeness (QED) is 0.919. The topological polar surface area (TPSA) is 57.6 Å². The maximum Gasteiger partial charge on any atom is 0.305 e. The molecule has 0 radical (unpaired) electrons. The number of carboxylic acid groups (broad SMARTS) is 1. The Morgan fingerprint density at radius 3 is 2.74 bits per heavy atom. The molecule has 1 saturated heterocycles. The van der Waals surface area contributed by atoms with E-state index in [4.69, 9.17) is 5.11 Å². The fourth-order valence-electron chi connectivity index (χ4n) is 2.22. The number of aliphatic carboxylic acids is 1. The van der Waals surface area contributed by atoms with Crippen molar-refractivity contribution in [3.8, 4) is 0 Å². The summed E-state index contributed by atoms with van der Waals surface area (Å²) < 4.78 is 0. The lowest BCUT2D eigenvalue weighted by atomic mass is 10.1. The third kappa shape index (κ3) is 2.92. The van der Waals surface area contributed by atoms with Gasteiger partial charge in [0.25, 0.3) is 0 Å². The van der Waals surface area contributed by atoms with Crippen molar-refractivity contribution < 1.29 is 14.7 Å². The van der Waals surface area contributed by atoms with Crippen molar-refractivity contribution in [1.82, 2.24) is 4.90 Å². The number of rotatable bonds is 4. The molecule has 0 saturated carbocycles. The molecule has 1 amide bonds. The summed E-state index contributed by atoms with van der Waals surface area (Å²) in [5, 5.41) is 8.61. The first kappa shape index (κ1) is 13.9. The maximum absolute atomic E-state index is 12.1. The number of amides is 1. The van der Waals surface area contributed by atoms with E-state index in [9.17, 15) is 9.59 Å². The van der Waals surface area contributed by atoms with Crippen LogP contribution < -0.4 is 0 Å². The van der Waals surface area contributed by atoms with Crippen LogP contribution in [0.1, 0.15) is 29.8 Å². The van der Waals surface area contributed by atoms with Gasteiger partial charge in [0.05, 0.1) is 11.7 Å². The number of nitrogens with zero attached hydrogens (tertiary/aromatic N) is 1. The second-order valence-electron chi connectivity index (χ2n) is 4.66. The smallest absolute Gasteiger partial charge is 0.305 e. The van der Waals surface area contributed by atoms with Crippen LogP contribution >= 0.6 is 11.8 Å². The molecule has 1 N–H and O–H groups in total. The van der Waals surface area contributed by atoms with E-state index in [1.165, 1.54) is 0 Å². The minimum atomic E-state index is -0.874. The largest absolute Gasteiger partial charge is 0.481 e. The molecule has 0 unspecified atom stereocenters. The van der Waals surface area contributed by atoms with E-state index in [0.717, 1.165) is 11.1 Å². The highest BCUT2D eigenvalue weighted by atomic mass is 32.2. The van der Waals surface area contributed by atoms with Gasteiger partial charge < -0.3 is 10.0 Å². The summed E-state index contributed by atoms with van der Waals surface area (Å²) in [5.41, 5.74) is 2.22. The molecule has 0 bridgehead atoms. The van der Waals surface area contributed by atoms with E-state index in [0.29, 0.717) is 0 Å². The van der Waals surface area contributed by atoms with Crippen LogP contribution in [-0.4, -0.2) is 33.7 Å². The van der Waals surface area contributed by atoms with Crippen molar-refractivity contribution in [1.29, 1.82) is 0 Å². The van der Waals surface area contributed by atoms with Gasteiger partial charge in [0.1, 0.15) is 5.37 Å². The highest BCUT2D eigenvalue weighted by Crippen LogP contribution is 2.43. The molecule has 1 aromatic carbocycles. The zero-order valence-electron chi connectivity index (χ0n) is 11.0. The first-order chi connectivity index (χ1) is 9.00. The molecular weight excluding hydrogens is 262 g/mol. The Morgan fingerprint density at radius 1 is 1.42 bits per heavy atom. The standard InChI is InChI=1S/C14H17NO3S/c1-9-5-3-4-6-11(9)14-15(8-7-12(16)17)13(18)10(2)19-14/h3-6,10,14H,7-8H2,1-2H3,(H,16,17)/t10-,14+/m0/s1. The molecular formula is C14H17NO3S. The van der Waals surface area contributed by atoms with E-state index < -0.39 is 5.97 Å². The van der Waals surface area contributed by atoms with Gasteiger partial charge in [-0.1, -0.05) is 24.3 Å². The molecule has 19 heavy (non-hydrogen) atoms. The molecule has 5 heteroatoms. The molecule has 1 aliphatic rings. The normalized spacial score (nSPS) is 22.8. The second-order valence-corrected chi connectivity index (χ2v) is 6.09. The Bertz CT molecular complexity index is 503. The number of carboxylic acids is 1. The maximum atomic E-state index is 12.1. The van der Waals surface area contributed by atoms with E-state index in [-0.39, 0.29) is 29.5 Å². The van der Waals surface area contributed by atoms with Crippen molar-refractivity contribution in [2.75, 3.05) is 6.54 Å². The van der Waals surface area contributed by atoms with Gasteiger partial charge in [-0.3, -0.25) is 9.59 Å². The van der Waals surface area contributed by atoms with Gasteiger partial charge in [-0.15, -0.1) is 11.8 Å². The number of carbonyl (C=O) groups is 2. The predicted molar refractivity (Wildman–Crippen MR) is 74.9 cm³/mol. The Hall–Kier alpha value is -1.49. The van der Waals surface area contributed by atoms with Crippen molar-refractivity contribution in [3.05, 3.63) is 35.4 Å². The van der Waals surface area contributed by atoms with Crippen LogP contribution in [0, 0.1) is 6.92 Å². The molecule has 1 aliphatic heterocycles. The predicted octanol–water partition coefficient (Wildman–Crippen LogP) is 2.43. The van der Waals surface area contributed by atoms with Gasteiger partial charge in [0.15, 0.2) is 0 Å². The van der Waals surface area contributed by atoms with Crippen molar-refractivity contribution in [3.63, 3.8) is 0 Å². The number of carbonyl (C=O) groups excluding carboxylic acids is 1. The van der Waals surface area contributed by atoms with Crippen LogP contribution in [0.4, 0.5) is 0 Å². The fourth-order valence-corrected chi connectivity index (χ4v) is 3.63. The van der Waals surface area contributed by atoms with E-state index in [2.05, 4.69) is 0 Å². The fraction of sp³-hybridized carbons (Fsp3) is 0.429. The van der Waals surface area contributed by atoms with Gasteiger partial charge in [-0.2, -0.15) is 0 Å². The van der Waals surface area contributed by atoms with Crippen LogP contribution in [0.5, 0.6) is 0 Å². The lowest BCUT2D eigenvalue weighted by Gasteiger charge is -2.24. The lowest BCUT2D eigenvalue weighted by molar-refractivity contribution is -0.138. The van der Waals surface area contributed by atoms with Crippen LogP contribution in [-0.2, 0) is 9.59 Å². The molecule has 102 valence electrons. The van der Waals surface area contributed by atoms with Crippen LogP contribution in [0.2, 0.25) is 0 Å². The van der Waals surface area contributed by atoms with Crippen molar-refractivity contribution in [2.45, 2.75) is 30.9 Å². The van der Waals surface area contributed by atoms with E-state index >= 15 is 0 Å². The number of hydrogen-bond donors (Lipinski definition) is 1. The first-order valence-corrected chi connectivity index (χ1v) is 7.18. The summed E-state index contributed by atoms with van der Waals surface area (Å²) in [5.74, 6) is -0.847. The number of thioether (sulfide) groups is 1. The number of hydrogen-bond acceptors (Lipinski definition) is 3. The Labute approximate surface area is 116 Å². The van der Waals surface area contributed by atoms with Gasteiger partial charge in [0, 0.05) is 6.54 Å². The Balaban J connectivity index is 2.25. The summed E-state index contributed by atoms with van der Waals surface area (Å²) in [7, 11) is 0. The number of benzene rings is 1. The van der Waals surface area contributed by atoms with E-state index in [1.807, 2.05) is 38.1 Å². The van der Waals surface area contributed by atoms with Crippen LogP contribution in [0.15, 0.2) is 24.3 Å². The first-order valence-electron chi connectivity index (χ1n) is 6.24. The van der Waals surface area contributed by atoms with Crippen LogP contribution in [0.3, 0.4) is 0 Å². The molecule has 1 fully saturated rings. The summed E-state index contributed by atoms with van der Waals surface area (Å²) in [4.78, 5) is 24.5. The second kappa shape index (κ2) is 5.65. The monoisotopic (exact) mass is 279 g/mol. The SMILES string of the molecule is Cc1ccccc1[C@H]1S[C@@H](C)C(=O)N1CCC(=O)O. The number of aryl methyl sites for hydroxylation is 1. The van der Waals surface area contributed by atoms with Crippen LogP contribution in [0.25, 0.3) is 0 Å². The zero-order valence-corrected chi connectivity index (χ0v) is 11.8. The minimum absolute atomic E-state index is 0.0125. The third-order valence-electron chi connectivity index (χ3n) is 3.27. The summed E-state index contributed by atoms with van der Waals surface area (Å²) >= 11 is 1.58. The molecule has 0 aromatic heterocycles. The summed E-state index contributed by atoms with van der Waals surface area (Å²) in [6, 6.07) is 7.93. The van der Waals surface area contributed by atoms with Gasteiger partial charge in [-0.05, 0) is 25.0 Å². The van der Waals surface area contributed by atoms with Crippen molar-refractivity contribution >= 4 is 23.6 Å². The van der Waals surface area contributed by atoms with Gasteiger partial charge in [0.2, 0.25) is 5.91 Å². The molecule has 2 atom stereocenters. The summed E-state index contributed by atoms with van der Waals surface area (Å²) in [6.07, 6.45) is -0.0125.